The number of benzene rings is 1. The first-order chi connectivity index (χ1) is 19.9. The minimum Gasteiger partial charge on any atom is -0.481 e. The Morgan fingerprint density at radius 2 is 1.50 bits per heavy atom. The monoisotopic (exact) mass is 585 g/mol. The van der Waals surface area contributed by atoms with Gasteiger partial charge in [-0.25, -0.2) is 9.78 Å². The van der Waals surface area contributed by atoms with Gasteiger partial charge in [-0.05, 0) is 24.5 Å². The number of aromatic amines is 2. The Morgan fingerprint density at radius 1 is 0.833 bits per heavy atom. The number of amides is 3. The van der Waals surface area contributed by atoms with Gasteiger partial charge in [0.1, 0.15) is 18.1 Å². The molecule has 10 N–H and O–H groups in total. The Kier molecular flexibility index (Phi) is 10.7. The van der Waals surface area contributed by atoms with E-state index in [4.69, 9.17) is 10.8 Å². The van der Waals surface area contributed by atoms with Gasteiger partial charge in [-0.2, -0.15) is 0 Å². The number of aliphatic carboxylic acids is 3. The zero-order chi connectivity index (χ0) is 30.8. The first-order valence-corrected chi connectivity index (χ1v) is 12.8. The predicted octanol–water partition coefficient (Wildman–Crippen LogP) is -1.12. The van der Waals surface area contributed by atoms with Crippen LogP contribution in [0, 0.1) is 0 Å². The number of nitrogens with one attached hydrogen (secondary N) is 5. The molecule has 3 aromatic rings. The number of nitrogens with zero attached hydrogens (tertiary/aromatic N) is 1. The lowest BCUT2D eigenvalue weighted by Gasteiger charge is -2.24. The third-order valence-electron chi connectivity index (χ3n) is 6.34. The fourth-order valence-corrected chi connectivity index (χ4v) is 4.19. The maximum Gasteiger partial charge on any atom is 0.326 e. The standard InChI is InChI=1S/C26H31N7O9/c27-16(7-13-10-29-17-4-2-1-3-15(13)17)23(38)32-19(8-14-11-28-12-30-14)24(39)33-20(9-22(36)37)25(40)31-18(26(41)42)5-6-21(34)35/h1-4,10-12,16,18-20,29H,5-9,27H2,(H,28,30)(H,31,40)(H,32,38)(H,33,39)(H,34,35)(H,36,37)(H,41,42). The molecule has 0 spiro atoms. The molecule has 2 heterocycles. The summed E-state index contributed by atoms with van der Waals surface area (Å²) >= 11 is 0. The van der Waals surface area contributed by atoms with Crippen molar-refractivity contribution in [2.45, 2.75) is 56.3 Å². The van der Waals surface area contributed by atoms with Gasteiger partial charge < -0.3 is 47.0 Å². The molecule has 0 aliphatic heterocycles. The Hall–Kier alpha value is -5.25. The molecule has 1 aromatic carbocycles. The van der Waals surface area contributed by atoms with Gasteiger partial charge in [-0.15, -0.1) is 0 Å². The number of carbonyl (C=O) groups is 6. The third kappa shape index (κ3) is 8.88. The second kappa shape index (κ2) is 14.4. The van der Waals surface area contributed by atoms with Crippen LogP contribution in [0.3, 0.4) is 0 Å². The van der Waals surface area contributed by atoms with Crippen molar-refractivity contribution in [3.63, 3.8) is 0 Å². The van der Waals surface area contributed by atoms with Crippen LogP contribution < -0.4 is 21.7 Å². The van der Waals surface area contributed by atoms with Crippen molar-refractivity contribution in [2.75, 3.05) is 0 Å². The quantitative estimate of drug-likeness (QED) is 0.0971. The minimum atomic E-state index is -1.75. The Morgan fingerprint density at radius 3 is 2.14 bits per heavy atom. The lowest BCUT2D eigenvalue weighted by molar-refractivity contribution is -0.144. The van der Waals surface area contributed by atoms with Gasteiger partial charge in [0.05, 0.1) is 18.8 Å². The molecule has 0 bridgehead atoms. The van der Waals surface area contributed by atoms with Crippen molar-refractivity contribution < 1.29 is 44.1 Å². The van der Waals surface area contributed by atoms with E-state index in [2.05, 4.69) is 30.9 Å². The maximum atomic E-state index is 13.3. The van der Waals surface area contributed by atoms with Gasteiger partial charge in [0.25, 0.3) is 0 Å². The number of imidazole rings is 1. The number of rotatable bonds is 16. The lowest BCUT2D eigenvalue weighted by atomic mass is 10.0. The number of carboxylic acids is 3. The number of nitrogens with two attached hydrogens (primary N) is 1. The van der Waals surface area contributed by atoms with Crippen LogP contribution in [0.5, 0.6) is 0 Å². The zero-order valence-corrected chi connectivity index (χ0v) is 22.2. The molecule has 16 nitrogen and oxygen atoms in total. The van der Waals surface area contributed by atoms with E-state index in [1.165, 1.54) is 12.5 Å². The van der Waals surface area contributed by atoms with Crippen molar-refractivity contribution in [3.8, 4) is 0 Å². The fourth-order valence-electron chi connectivity index (χ4n) is 4.19. The molecule has 4 atom stereocenters. The van der Waals surface area contributed by atoms with Crippen molar-refractivity contribution in [2.24, 2.45) is 5.73 Å². The summed E-state index contributed by atoms with van der Waals surface area (Å²) in [6.45, 7) is 0. The molecule has 0 saturated carbocycles. The molecule has 16 heteroatoms. The number of aromatic nitrogens is 3. The maximum absolute atomic E-state index is 13.3. The molecule has 4 unspecified atom stereocenters. The van der Waals surface area contributed by atoms with E-state index in [0.717, 1.165) is 16.5 Å². The number of hydrogen-bond donors (Lipinski definition) is 9. The van der Waals surface area contributed by atoms with Crippen molar-refractivity contribution in [3.05, 3.63) is 54.2 Å². The number of fused-ring (bicyclic) bond motifs is 1. The van der Waals surface area contributed by atoms with Crippen LogP contribution in [0.2, 0.25) is 0 Å². The molecule has 0 fully saturated rings. The number of carboxylic acid groups (broad SMARTS) is 3. The molecule has 0 radical (unpaired) electrons. The average Bonchev–Trinajstić information content (AvgIpc) is 3.59. The molecular weight excluding hydrogens is 554 g/mol. The number of carbonyl (C=O) groups excluding carboxylic acids is 3. The number of hydrogen-bond acceptors (Lipinski definition) is 8. The van der Waals surface area contributed by atoms with E-state index in [9.17, 15) is 39.0 Å². The highest BCUT2D eigenvalue weighted by molar-refractivity contribution is 5.96. The summed E-state index contributed by atoms with van der Waals surface area (Å²) in [5, 5.41) is 35.2. The summed E-state index contributed by atoms with van der Waals surface area (Å²) in [7, 11) is 0. The van der Waals surface area contributed by atoms with Gasteiger partial charge >= 0.3 is 17.9 Å². The van der Waals surface area contributed by atoms with Crippen LogP contribution in [0.1, 0.15) is 30.5 Å². The zero-order valence-electron chi connectivity index (χ0n) is 22.2. The second-order valence-electron chi connectivity index (χ2n) is 9.50. The molecule has 3 amide bonds. The SMILES string of the molecule is NC(Cc1c[nH]c2ccccc12)C(=O)NC(Cc1cnc[nH]1)C(=O)NC(CC(=O)O)C(=O)NC(CCC(=O)O)C(=O)O. The molecule has 224 valence electrons. The van der Waals surface area contributed by atoms with E-state index in [1.54, 1.807) is 6.20 Å². The topological polar surface area (TPSA) is 270 Å². The largest absolute Gasteiger partial charge is 0.481 e. The summed E-state index contributed by atoms with van der Waals surface area (Å²) < 4.78 is 0. The number of H-pyrrole nitrogens is 2. The summed E-state index contributed by atoms with van der Waals surface area (Å²) in [4.78, 5) is 82.6. The minimum absolute atomic E-state index is 0.130. The van der Waals surface area contributed by atoms with Crippen LogP contribution in [0.15, 0.2) is 43.0 Å². The van der Waals surface area contributed by atoms with Crippen molar-refractivity contribution in [1.82, 2.24) is 30.9 Å². The first-order valence-electron chi connectivity index (χ1n) is 12.8. The highest BCUT2D eigenvalue weighted by Gasteiger charge is 2.32. The smallest absolute Gasteiger partial charge is 0.326 e. The summed E-state index contributed by atoms with van der Waals surface area (Å²) in [6, 6.07) is 1.61. The predicted molar refractivity (Wildman–Crippen MR) is 145 cm³/mol. The van der Waals surface area contributed by atoms with Crippen LogP contribution in [-0.2, 0) is 41.6 Å². The molecule has 0 aliphatic rings. The van der Waals surface area contributed by atoms with Gasteiger partial charge in [-0.3, -0.25) is 24.0 Å². The molecule has 3 rings (SSSR count). The lowest BCUT2D eigenvalue weighted by Crippen LogP contribution is -2.58. The molecular formula is C26H31N7O9. The molecule has 0 aliphatic carbocycles. The highest BCUT2D eigenvalue weighted by Crippen LogP contribution is 2.19. The molecule has 42 heavy (non-hydrogen) atoms. The van der Waals surface area contributed by atoms with E-state index >= 15 is 0 Å². The Labute approximate surface area is 238 Å². The summed E-state index contributed by atoms with van der Waals surface area (Å²) in [5.74, 6) is -7.13. The molecule has 2 aromatic heterocycles. The Balaban J connectivity index is 1.74. The van der Waals surface area contributed by atoms with Crippen LogP contribution >= 0.6 is 0 Å². The third-order valence-corrected chi connectivity index (χ3v) is 6.34. The van der Waals surface area contributed by atoms with Crippen LogP contribution in [0.25, 0.3) is 10.9 Å². The van der Waals surface area contributed by atoms with E-state index in [-0.39, 0.29) is 12.8 Å². The van der Waals surface area contributed by atoms with Gasteiger partial charge in [0, 0.05) is 41.8 Å². The first kappa shape index (κ1) is 31.3. The fraction of sp³-hybridized carbons (Fsp3) is 0.346. The number of para-hydroxylation sites is 1. The summed E-state index contributed by atoms with van der Waals surface area (Å²) in [5.41, 5.74) is 8.21. The van der Waals surface area contributed by atoms with Gasteiger partial charge in [0.2, 0.25) is 17.7 Å². The average molecular weight is 586 g/mol. The normalized spacial score (nSPS) is 13.8. The highest BCUT2D eigenvalue weighted by atomic mass is 16.4. The van der Waals surface area contributed by atoms with Crippen LogP contribution in [0.4, 0.5) is 0 Å². The van der Waals surface area contributed by atoms with Crippen molar-refractivity contribution >= 4 is 46.5 Å². The Bertz CT molecular complexity index is 1440. The van der Waals surface area contributed by atoms with Gasteiger partial charge in [0.15, 0.2) is 0 Å². The summed E-state index contributed by atoms with van der Waals surface area (Å²) in [6.07, 6.45) is 2.50. The van der Waals surface area contributed by atoms with Crippen molar-refractivity contribution in [1.29, 1.82) is 0 Å². The van der Waals surface area contributed by atoms with E-state index in [0.29, 0.717) is 5.69 Å². The van der Waals surface area contributed by atoms with E-state index in [1.807, 2.05) is 24.3 Å². The van der Waals surface area contributed by atoms with Crippen LogP contribution in [-0.4, -0.2) is 90.1 Å². The van der Waals surface area contributed by atoms with E-state index < -0.39 is 79.1 Å². The molecule has 0 saturated heterocycles. The van der Waals surface area contributed by atoms with Gasteiger partial charge in [-0.1, -0.05) is 18.2 Å². The second-order valence-corrected chi connectivity index (χ2v) is 9.50.